The second-order valence-corrected chi connectivity index (χ2v) is 6.84. The van der Waals surface area contributed by atoms with Crippen molar-refractivity contribution in [2.45, 2.75) is 35.7 Å². The maximum absolute atomic E-state index is 12.3. The summed E-state index contributed by atoms with van der Waals surface area (Å²) in [5, 5.41) is 10.6. The lowest BCUT2D eigenvalue weighted by Gasteiger charge is -2.46. The van der Waals surface area contributed by atoms with Crippen LogP contribution in [0.4, 0.5) is 0 Å². The fourth-order valence-electron chi connectivity index (χ4n) is 2.39. The number of hydrogen-bond acceptors (Lipinski definition) is 5. The molecule has 8 nitrogen and oxygen atoms in total. The Bertz CT molecular complexity index is 479. The van der Waals surface area contributed by atoms with E-state index in [1.165, 1.54) is 13.8 Å². The zero-order valence-corrected chi connectivity index (χ0v) is 10.6. The number of fused-ring (bicyclic) bond motifs is 1. The summed E-state index contributed by atoms with van der Waals surface area (Å²) in [6, 6.07) is -0.965. The number of hydrogen-bond donors (Lipinski definition) is 3. The number of nitrogens with zero attached hydrogens (tertiary/aromatic N) is 1. The van der Waals surface area contributed by atoms with Gasteiger partial charge >= 0.3 is 5.97 Å². The summed E-state index contributed by atoms with van der Waals surface area (Å²) in [5.41, 5.74) is 3.77. The molecule has 100 valence electrons. The van der Waals surface area contributed by atoms with Crippen molar-refractivity contribution in [1.29, 1.82) is 0 Å². The number of carboxylic acid groups (broad SMARTS) is 1. The van der Waals surface area contributed by atoms with Gasteiger partial charge in [0, 0.05) is 0 Å². The fourth-order valence-corrected chi connectivity index (χ4v) is 4.39. The summed E-state index contributed by atoms with van der Waals surface area (Å²) < 4.78 is 11.0. The van der Waals surface area contributed by atoms with Gasteiger partial charge in [-0.2, -0.15) is 0 Å². The highest BCUT2D eigenvalue weighted by atomic mass is 32.2. The van der Waals surface area contributed by atoms with E-state index in [1.807, 2.05) is 0 Å². The van der Waals surface area contributed by atoms with Gasteiger partial charge in [-0.05, 0) is 13.8 Å². The van der Waals surface area contributed by atoms with Gasteiger partial charge in [-0.3, -0.25) is 24.4 Å². The van der Waals surface area contributed by atoms with Crippen molar-refractivity contribution < 1.29 is 23.7 Å². The first-order chi connectivity index (χ1) is 8.21. The Kier molecular flexibility index (Phi) is 2.53. The van der Waals surface area contributed by atoms with Crippen LogP contribution in [0.2, 0.25) is 0 Å². The van der Waals surface area contributed by atoms with Gasteiger partial charge in [-0.1, -0.05) is 0 Å². The number of nitrogens with one attached hydrogen (secondary N) is 1. The van der Waals surface area contributed by atoms with Crippen LogP contribution in [0, 0.1) is 0 Å². The average molecular weight is 275 g/mol. The van der Waals surface area contributed by atoms with E-state index in [0.29, 0.717) is 6.41 Å². The topological polar surface area (TPSA) is 130 Å². The minimum atomic E-state index is -2.03. The first-order valence-electron chi connectivity index (χ1n) is 5.17. The first kappa shape index (κ1) is 13.0. The summed E-state index contributed by atoms with van der Waals surface area (Å²) in [6.07, 6.45) is 0.321. The molecule has 2 aliphatic heterocycles. The van der Waals surface area contributed by atoms with Gasteiger partial charge in [0.25, 0.3) is 5.91 Å². The Morgan fingerprint density at radius 2 is 2.17 bits per heavy atom. The molecule has 0 bridgehead atoms. The lowest BCUT2D eigenvalue weighted by atomic mass is 9.90. The Morgan fingerprint density at radius 3 is 2.61 bits per heavy atom. The molecule has 0 aliphatic carbocycles. The van der Waals surface area contributed by atoms with Crippen LogP contribution in [0.25, 0.3) is 0 Å². The van der Waals surface area contributed by atoms with E-state index in [-0.39, 0.29) is 0 Å². The predicted molar refractivity (Wildman–Crippen MR) is 60.4 cm³/mol. The second kappa shape index (κ2) is 3.51. The van der Waals surface area contributed by atoms with E-state index in [1.54, 1.807) is 0 Å². The normalized spacial score (nSPS) is 40.9. The highest BCUT2D eigenvalue weighted by molar-refractivity contribution is 7.87. The quantitative estimate of drug-likeness (QED) is 0.387. The van der Waals surface area contributed by atoms with E-state index in [9.17, 15) is 23.7 Å². The third-order valence-corrected chi connectivity index (χ3v) is 5.88. The number of rotatable bonds is 3. The highest BCUT2D eigenvalue weighted by Gasteiger charge is 2.75. The monoisotopic (exact) mass is 275 g/mol. The lowest BCUT2D eigenvalue weighted by Crippen LogP contribution is -2.78. The zero-order valence-electron chi connectivity index (χ0n) is 9.75. The van der Waals surface area contributed by atoms with Gasteiger partial charge in [-0.25, -0.2) is 4.79 Å². The summed E-state index contributed by atoms with van der Waals surface area (Å²) in [4.78, 5) is 34.4. The molecular formula is C9H13N3O5S. The van der Waals surface area contributed by atoms with Gasteiger partial charge in [0.2, 0.25) is 12.1 Å². The van der Waals surface area contributed by atoms with E-state index >= 15 is 0 Å². The first-order valence-corrected chi connectivity index (χ1v) is 6.38. The summed E-state index contributed by atoms with van der Waals surface area (Å²) in [5.74, 6) is -2.04. The molecule has 0 aromatic carbocycles. The molecule has 2 aliphatic rings. The molecule has 2 rings (SSSR count). The SMILES string of the molecule is CC1(C)S(=O)[C@@H]2[C@H](NC=O)C(=O)N2[C@@]1(N)C(=O)O. The molecule has 0 aromatic heterocycles. The Balaban J connectivity index is 2.49. The van der Waals surface area contributed by atoms with Gasteiger partial charge in [0.15, 0.2) is 0 Å². The zero-order chi connectivity index (χ0) is 13.9. The number of carbonyl (C=O) groups is 3. The molecule has 4 atom stereocenters. The van der Waals surface area contributed by atoms with Crippen molar-refractivity contribution in [1.82, 2.24) is 10.2 Å². The maximum atomic E-state index is 12.3. The molecule has 2 amide bonds. The molecule has 2 fully saturated rings. The van der Waals surface area contributed by atoms with Crippen LogP contribution in [0.3, 0.4) is 0 Å². The summed E-state index contributed by atoms with van der Waals surface area (Å²) >= 11 is 0. The van der Waals surface area contributed by atoms with Crippen LogP contribution >= 0.6 is 0 Å². The fraction of sp³-hybridized carbons (Fsp3) is 0.667. The summed E-state index contributed by atoms with van der Waals surface area (Å²) in [6.45, 7) is 2.86. The maximum Gasteiger partial charge on any atom is 0.346 e. The molecule has 1 unspecified atom stereocenters. The van der Waals surface area contributed by atoms with Crippen LogP contribution in [0.15, 0.2) is 0 Å². The van der Waals surface area contributed by atoms with Crippen LogP contribution in [0.1, 0.15) is 13.8 Å². The van der Waals surface area contributed by atoms with E-state index < -0.39 is 44.5 Å². The number of amides is 2. The number of carboxylic acids is 1. The second-order valence-electron chi connectivity index (χ2n) is 4.74. The molecule has 0 spiro atoms. The molecular weight excluding hydrogens is 262 g/mol. The highest BCUT2D eigenvalue weighted by Crippen LogP contribution is 2.47. The minimum Gasteiger partial charge on any atom is -0.478 e. The standard InChI is InChI=1S/C9H13N3O5S/c1-8(2)9(10,7(15)16)12-5(14)4(11-3-13)6(12)18(8)17/h3-4,6H,10H2,1-2H3,(H,11,13)(H,15,16)/t4-,6-,9+,18?/m1/s1. The van der Waals surface area contributed by atoms with Crippen molar-refractivity contribution in [2.24, 2.45) is 5.73 Å². The lowest BCUT2D eigenvalue weighted by molar-refractivity contribution is -0.171. The van der Waals surface area contributed by atoms with Crippen LogP contribution in [-0.4, -0.2) is 54.3 Å². The van der Waals surface area contributed by atoms with Crippen LogP contribution in [0.5, 0.6) is 0 Å². The Labute approximate surface area is 105 Å². The molecule has 18 heavy (non-hydrogen) atoms. The third-order valence-electron chi connectivity index (χ3n) is 3.64. The van der Waals surface area contributed by atoms with E-state index in [2.05, 4.69) is 5.32 Å². The van der Waals surface area contributed by atoms with Crippen molar-refractivity contribution in [3.8, 4) is 0 Å². The molecule has 0 aromatic rings. The molecule has 9 heteroatoms. The Hall–Kier alpha value is -1.48. The summed E-state index contributed by atoms with van der Waals surface area (Å²) in [7, 11) is -1.69. The van der Waals surface area contributed by atoms with Gasteiger partial charge in [-0.15, -0.1) is 0 Å². The van der Waals surface area contributed by atoms with Crippen molar-refractivity contribution in [3.63, 3.8) is 0 Å². The predicted octanol–water partition coefficient (Wildman–Crippen LogP) is -2.45. The molecule has 4 N–H and O–H groups in total. The number of aliphatic carboxylic acids is 1. The number of carbonyl (C=O) groups excluding carboxylic acids is 2. The smallest absolute Gasteiger partial charge is 0.346 e. The minimum absolute atomic E-state index is 0.321. The van der Waals surface area contributed by atoms with Crippen LogP contribution < -0.4 is 11.1 Å². The van der Waals surface area contributed by atoms with E-state index in [4.69, 9.17) is 5.73 Å². The number of β-lactam (4-membered cyclic amide) rings is 1. The van der Waals surface area contributed by atoms with Crippen molar-refractivity contribution in [2.75, 3.05) is 0 Å². The molecule has 0 radical (unpaired) electrons. The average Bonchev–Trinajstić information content (AvgIpc) is 2.43. The van der Waals surface area contributed by atoms with Gasteiger partial charge in [0.05, 0.1) is 15.5 Å². The molecule has 0 saturated carbocycles. The van der Waals surface area contributed by atoms with Gasteiger partial charge in [0.1, 0.15) is 11.4 Å². The molecule has 2 heterocycles. The third kappa shape index (κ3) is 1.13. The van der Waals surface area contributed by atoms with E-state index in [0.717, 1.165) is 4.90 Å². The Morgan fingerprint density at radius 1 is 1.61 bits per heavy atom. The van der Waals surface area contributed by atoms with Crippen LogP contribution in [-0.2, 0) is 25.2 Å². The van der Waals surface area contributed by atoms with Gasteiger partial charge < -0.3 is 10.4 Å². The largest absolute Gasteiger partial charge is 0.478 e. The van der Waals surface area contributed by atoms with Crippen molar-refractivity contribution in [3.05, 3.63) is 0 Å². The van der Waals surface area contributed by atoms with Crippen molar-refractivity contribution >= 4 is 29.1 Å². The number of nitrogens with two attached hydrogens (primary N) is 1. The molecule has 2 saturated heterocycles.